The van der Waals surface area contributed by atoms with Crippen molar-refractivity contribution < 1.29 is 4.74 Å². The first-order valence-electron chi connectivity index (χ1n) is 11.8. The van der Waals surface area contributed by atoms with Crippen molar-refractivity contribution in [1.29, 1.82) is 0 Å². The maximum absolute atomic E-state index is 6.48. The van der Waals surface area contributed by atoms with Gasteiger partial charge in [-0.1, -0.05) is 24.6 Å². The molecule has 0 unspecified atom stereocenters. The molecule has 182 valence electrons. The van der Waals surface area contributed by atoms with Gasteiger partial charge in [0.05, 0.1) is 41.4 Å². The van der Waals surface area contributed by atoms with Crippen LogP contribution in [-0.2, 0) is 6.54 Å². The summed E-state index contributed by atoms with van der Waals surface area (Å²) in [6.07, 6.45) is 5.26. The van der Waals surface area contributed by atoms with Crippen LogP contribution >= 0.6 is 11.6 Å². The highest BCUT2D eigenvalue weighted by Crippen LogP contribution is 2.32. The molecule has 1 fully saturated rings. The molecule has 0 spiro atoms. The molecule has 1 aliphatic rings. The summed E-state index contributed by atoms with van der Waals surface area (Å²) in [5.74, 6) is 1.87. The van der Waals surface area contributed by atoms with Crippen LogP contribution in [0, 0.1) is 6.92 Å². The zero-order valence-corrected chi connectivity index (χ0v) is 21.0. The molecule has 4 aromatic heterocycles. The van der Waals surface area contributed by atoms with E-state index in [2.05, 4.69) is 48.2 Å². The summed E-state index contributed by atoms with van der Waals surface area (Å²) < 4.78 is 7.22. The van der Waals surface area contributed by atoms with Crippen LogP contribution in [-0.4, -0.2) is 74.2 Å². The van der Waals surface area contributed by atoms with Gasteiger partial charge in [0.1, 0.15) is 11.6 Å². The minimum absolute atomic E-state index is 0.421. The van der Waals surface area contributed by atoms with E-state index in [1.807, 2.05) is 35.8 Å². The van der Waals surface area contributed by atoms with Crippen molar-refractivity contribution in [2.24, 2.45) is 0 Å². The Kier molecular flexibility index (Phi) is 6.81. The van der Waals surface area contributed by atoms with Gasteiger partial charge in [-0.25, -0.2) is 19.5 Å². The van der Waals surface area contributed by atoms with Gasteiger partial charge in [-0.2, -0.15) is 5.10 Å². The molecule has 0 bridgehead atoms. The van der Waals surface area contributed by atoms with Crippen LogP contribution in [0.3, 0.4) is 0 Å². The Balaban J connectivity index is 1.32. The lowest BCUT2D eigenvalue weighted by molar-refractivity contribution is 0.132. The van der Waals surface area contributed by atoms with Crippen molar-refractivity contribution in [3.8, 4) is 17.0 Å². The molecule has 0 aromatic carbocycles. The third-order valence-corrected chi connectivity index (χ3v) is 6.75. The van der Waals surface area contributed by atoms with Gasteiger partial charge in [-0.15, -0.1) is 0 Å². The number of likely N-dealkylation sites (N-methyl/N-ethyl adjacent to an activating group) is 1. The average Bonchev–Trinajstić information content (AvgIpc) is 3.32. The first kappa shape index (κ1) is 23.5. The second-order valence-corrected chi connectivity index (χ2v) is 9.03. The highest BCUT2D eigenvalue weighted by atomic mass is 35.5. The molecular weight excluding hydrogens is 464 g/mol. The molecule has 0 atom stereocenters. The van der Waals surface area contributed by atoms with Crippen molar-refractivity contribution in [1.82, 2.24) is 34.4 Å². The number of aryl methyl sites for hydroxylation is 1. The van der Waals surface area contributed by atoms with Gasteiger partial charge in [0.25, 0.3) is 0 Å². The Morgan fingerprint density at radius 1 is 1.00 bits per heavy atom. The monoisotopic (exact) mass is 492 g/mol. The molecule has 5 heterocycles. The third kappa shape index (κ3) is 4.93. The Morgan fingerprint density at radius 3 is 2.51 bits per heavy atom. The standard InChI is InChI=1S/C25H29ClN8O/c1-4-32-9-11-33(12-10-32)16-18-5-8-23(27-13-18)30-25-28-15-20(26)24(31-25)19-14-29-34-17(2)22(35-3)7-6-21(19)34/h5-8,13-15H,4,9-12,16H2,1-3H3,(H,27,28,30,31). The van der Waals surface area contributed by atoms with Crippen LogP contribution in [0.1, 0.15) is 18.2 Å². The maximum atomic E-state index is 6.48. The lowest BCUT2D eigenvalue weighted by Crippen LogP contribution is -2.45. The molecule has 35 heavy (non-hydrogen) atoms. The van der Waals surface area contributed by atoms with Crippen molar-refractivity contribution in [2.75, 3.05) is 45.2 Å². The molecule has 9 nitrogen and oxygen atoms in total. The van der Waals surface area contributed by atoms with E-state index in [1.165, 1.54) is 5.56 Å². The van der Waals surface area contributed by atoms with E-state index >= 15 is 0 Å². The highest BCUT2D eigenvalue weighted by molar-refractivity contribution is 6.33. The number of anilines is 2. The van der Waals surface area contributed by atoms with Gasteiger partial charge < -0.3 is 15.0 Å². The smallest absolute Gasteiger partial charge is 0.228 e. The molecule has 1 N–H and O–H groups in total. The fourth-order valence-electron chi connectivity index (χ4n) is 4.41. The molecule has 0 aliphatic carbocycles. The lowest BCUT2D eigenvalue weighted by atomic mass is 10.2. The quantitative estimate of drug-likeness (QED) is 0.414. The van der Waals surface area contributed by atoms with Crippen LogP contribution in [0.2, 0.25) is 5.02 Å². The zero-order chi connectivity index (χ0) is 24.4. The molecule has 1 aliphatic heterocycles. The van der Waals surface area contributed by atoms with Gasteiger partial charge >= 0.3 is 0 Å². The van der Waals surface area contributed by atoms with Gasteiger partial charge in [0.2, 0.25) is 5.95 Å². The normalized spacial score (nSPS) is 15.0. The van der Waals surface area contributed by atoms with Gasteiger partial charge in [-0.3, -0.25) is 4.90 Å². The fraction of sp³-hybridized carbons (Fsp3) is 0.360. The Morgan fingerprint density at radius 2 is 1.80 bits per heavy atom. The summed E-state index contributed by atoms with van der Waals surface area (Å²) >= 11 is 6.48. The summed E-state index contributed by atoms with van der Waals surface area (Å²) in [7, 11) is 1.64. The predicted octanol–water partition coefficient (Wildman–Crippen LogP) is 4.04. The number of aromatic nitrogens is 5. The van der Waals surface area contributed by atoms with Crippen LogP contribution in [0.4, 0.5) is 11.8 Å². The van der Waals surface area contributed by atoms with Crippen molar-refractivity contribution in [3.63, 3.8) is 0 Å². The van der Waals surface area contributed by atoms with E-state index in [0.717, 1.165) is 61.8 Å². The van der Waals surface area contributed by atoms with Crippen LogP contribution in [0.5, 0.6) is 5.75 Å². The summed E-state index contributed by atoms with van der Waals surface area (Å²) in [6.45, 7) is 10.6. The Bertz CT molecular complexity index is 1320. The minimum Gasteiger partial charge on any atom is -0.495 e. The molecule has 1 saturated heterocycles. The highest BCUT2D eigenvalue weighted by Gasteiger charge is 2.17. The summed E-state index contributed by atoms with van der Waals surface area (Å²) in [5.41, 5.74) is 4.40. The number of methoxy groups -OCH3 is 1. The number of fused-ring (bicyclic) bond motifs is 1. The van der Waals surface area contributed by atoms with Gasteiger partial charge in [-0.05, 0) is 37.2 Å². The Hall–Kier alpha value is -3.27. The number of halogens is 1. The topological polar surface area (TPSA) is 83.7 Å². The van der Waals surface area contributed by atoms with Crippen molar-refractivity contribution in [3.05, 3.63) is 59.1 Å². The number of ether oxygens (including phenoxy) is 1. The second kappa shape index (κ2) is 10.2. The first-order valence-corrected chi connectivity index (χ1v) is 12.1. The molecule has 4 aromatic rings. The van der Waals surface area contributed by atoms with E-state index in [9.17, 15) is 0 Å². The van der Waals surface area contributed by atoms with Crippen LogP contribution < -0.4 is 10.1 Å². The van der Waals surface area contributed by atoms with E-state index in [0.29, 0.717) is 22.5 Å². The number of nitrogens with zero attached hydrogens (tertiary/aromatic N) is 7. The number of piperazine rings is 1. The van der Waals surface area contributed by atoms with Crippen LogP contribution in [0.15, 0.2) is 42.9 Å². The first-order chi connectivity index (χ1) is 17.1. The largest absolute Gasteiger partial charge is 0.495 e. The number of pyridine rings is 2. The van der Waals surface area contributed by atoms with Crippen molar-refractivity contribution in [2.45, 2.75) is 20.4 Å². The lowest BCUT2D eigenvalue weighted by Gasteiger charge is -2.33. The zero-order valence-electron chi connectivity index (χ0n) is 20.2. The van der Waals surface area contributed by atoms with Gasteiger partial charge in [0, 0.05) is 44.5 Å². The predicted molar refractivity (Wildman–Crippen MR) is 137 cm³/mol. The second-order valence-electron chi connectivity index (χ2n) is 8.62. The minimum atomic E-state index is 0.421. The maximum Gasteiger partial charge on any atom is 0.228 e. The van der Waals surface area contributed by atoms with Gasteiger partial charge in [0.15, 0.2) is 0 Å². The molecule has 10 heteroatoms. The molecule has 0 amide bonds. The summed E-state index contributed by atoms with van der Waals surface area (Å²) in [4.78, 5) is 18.5. The molecule has 5 rings (SSSR count). The third-order valence-electron chi connectivity index (χ3n) is 6.48. The van der Waals surface area contributed by atoms with E-state index < -0.39 is 0 Å². The molecular formula is C25H29ClN8O. The SMILES string of the molecule is CCN1CCN(Cc2ccc(Nc3ncc(Cl)c(-c4cnn5c(C)c(OC)ccc45)n3)nc2)CC1. The average molecular weight is 493 g/mol. The molecule has 0 radical (unpaired) electrons. The number of rotatable bonds is 7. The van der Waals surface area contributed by atoms with E-state index in [-0.39, 0.29) is 0 Å². The van der Waals surface area contributed by atoms with Crippen LogP contribution in [0.25, 0.3) is 16.8 Å². The number of hydrogen-bond donors (Lipinski definition) is 1. The number of nitrogens with one attached hydrogen (secondary N) is 1. The number of hydrogen-bond acceptors (Lipinski definition) is 8. The van der Waals surface area contributed by atoms with E-state index in [1.54, 1.807) is 19.5 Å². The summed E-state index contributed by atoms with van der Waals surface area (Å²) in [6, 6.07) is 7.92. The van der Waals surface area contributed by atoms with Crippen molar-refractivity contribution >= 4 is 28.9 Å². The summed E-state index contributed by atoms with van der Waals surface area (Å²) in [5, 5.41) is 8.15. The van der Waals surface area contributed by atoms with E-state index in [4.69, 9.17) is 16.3 Å². The fourth-order valence-corrected chi connectivity index (χ4v) is 4.60. The molecule has 0 saturated carbocycles. The Labute approximate surface area is 209 Å².